The third-order valence-corrected chi connectivity index (χ3v) is 5.89. The molecule has 2 aliphatic rings. The molecule has 2 aliphatic heterocycles. The van der Waals surface area contributed by atoms with Crippen LogP contribution in [0.2, 0.25) is 0 Å². The van der Waals surface area contributed by atoms with Gasteiger partial charge in [-0.15, -0.1) is 0 Å². The van der Waals surface area contributed by atoms with E-state index in [2.05, 4.69) is 0 Å². The van der Waals surface area contributed by atoms with E-state index < -0.39 is 40.8 Å². The molecule has 172 valence electrons. The summed E-state index contributed by atoms with van der Waals surface area (Å²) in [5.41, 5.74) is -1.08. The predicted molar refractivity (Wildman–Crippen MR) is 109 cm³/mol. The Bertz CT molecular complexity index is 1190. The number of carbonyl (C=O) groups excluding carboxylic acids is 1. The third-order valence-electron chi connectivity index (χ3n) is 5.89. The molecule has 2 N–H and O–H groups in total. The van der Waals surface area contributed by atoms with Crippen molar-refractivity contribution >= 4 is 28.5 Å². The van der Waals surface area contributed by atoms with Gasteiger partial charge in [0.1, 0.15) is 11.1 Å². The van der Waals surface area contributed by atoms with Crippen LogP contribution in [0.1, 0.15) is 30.6 Å². The topological polar surface area (TPSA) is 104 Å². The number of pyridine rings is 1. The van der Waals surface area contributed by atoms with Gasteiger partial charge in [-0.1, -0.05) is 0 Å². The number of aromatic carboxylic acids is 1. The summed E-state index contributed by atoms with van der Waals surface area (Å²) in [6, 6.07) is 2.36. The Morgan fingerprint density at radius 1 is 1.28 bits per heavy atom. The van der Waals surface area contributed by atoms with Gasteiger partial charge < -0.3 is 20.1 Å². The summed E-state index contributed by atoms with van der Waals surface area (Å²) in [4.78, 5) is 37.4. The summed E-state index contributed by atoms with van der Waals surface area (Å²) in [7, 11) is 1.68. The minimum Gasteiger partial charge on any atom is -0.477 e. The lowest BCUT2D eigenvalue weighted by Gasteiger charge is -2.44. The summed E-state index contributed by atoms with van der Waals surface area (Å²) < 4.78 is 45.5. The number of nitrogens with zero attached hydrogens (tertiary/aromatic N) is 3. The van der Waals surface area contributed by atoms with Crippen molar-refractivity contribution in [2.75, 3.05) is 30.0 Å². The van der Waals surface area contributed by atoms with Crippen LogP contribution in [-0.2, 0) is 4.79 Å². The monoisotopic (exact) mass is 454 g/mol. The van der Waals surface area contributed by atoms with Gasteiger partial charge in [-0.3, -0.25) is 19.3 Å². The van der Waals surface area contributed by atoms with Crippen molar-refractivity contribution in [2.45, 2.75) is 38.2 Å². The number of ether oxygens (including phenoxy) is 1. The van der Waals surface area contributed by atoms with E-state index in [4.69, 9.17) is 4.74 Å². The Balaban J connectivity index is 1.79. The van der Waals surface area contributed by atoms with Gasteiger partial charge >= 0.3 is 18.1 Å². The molecule has 1 amide bonds. The van der Waals surface area contributed by atoms with Crippen molar-refractivity contribution < 1.29 is 32.6 Å². The molecular formula is C20H21F3N4O5. The number of amides is 1. The third kappa shape index (κ3) is 3.39. The molecule has 2 aromatic rings. The largest absolute Gasteiger partial charge is 0.477 e. The molecule has 0 aliphatic carbocycles. The maximum absolute atomic E-state index is 12.7. The Morgan fingerprint density at radius 2 is 1.97 bits per heavy atom. The average Bonchev–Trinajstić information content (AvgIpc) is 3.14. The van der Waals surface area contributed by atoms with Crippen LogP contribution in [0, 0.1) is 0 Å². The van der Waals surface area contributed by atoms with Crippen LogP contribution in [0.15, 0.2) is 23.1 Å². The number of benzene rings is 1. The number of anilines is 1. The second-order valence-corrected chi connectivity index (χ2v) is 8.31. The molecule has 1 fully saturated rings. The number of nitrogens with one attached hydrogen (secondary N) is 1. The van der Waals surface area contributed by atoms with E-state index in [1.807, 2.05) is 5.32 Å². The molecule has 4 rings (SSSR count). The lowest BCUT2D eigenvalue weighted by atomic mass is 10.1. The minimum absolute atomic E-state index is 0.122. The zero-order valence-electron chi connectivity index (χ0n) is 17.5. The predicted octanol–water partition coefficient (Wildman–Crippen LogP) is 1.65. The van der Waals surface area contributed by atoms with Gasteiger partial charge in [0.25, 0.3) is 0 Å². The summed E-state index contributed by atoms with van der Waals surface area (Å²) >= 11 is 0. The van der Waals surface area contributed by atoms with Crippen LogP contribution in [0.25, 0.3) is 10.9 Å². The first-order valence-corrected chi connectivity index (χ1v) is 9.82. The summed E-state index contributed by atoms with van der Waals surface area (Å²) in [6.07, 6.45) is -3.42. The zero-order chi connectivity index (χ0) is 23.6. The van der Waals surface area contributed by atoms with Crippen molar-refractivity contribution in [2.24, 2.45) is 0 Å². The lowest BCUT2D eigenvalue weighted by molar-refractivity contribution is -0.174. The Labute approximate surface area is 179 Å². The van der Waals surface area contributed by atoms with E-state index in [1.54, 1.807) is 41.5 Å². The quantitative estimate of drug-likeness (QED) is 0.727. The van der Waals surface area contributed by atoms with Gasteiger partial charge in [0.2, 0.25) is 5.43 Å². The Kier molecular flexibility index (Phi) is 4.79. The van der Waals surface area contributed by atoms with E-state index in [9.17, 15) is 32.7 Å². The van der Waals surface area contributed by atoms with Crippen LogP contribution in [-0.4, -0.2) is 59.7 Å². The number of carbonyl (C=O) groups is 2. The van der Waals surface area contributed by atoms with Crippen molar-refractivity contribution in [3.05, 3.63) is 34.1 Å². The van der Waals surface area contributed by atoms with E-state index in [0.29, 0.717) is 29.9 Å². The number of alkyl halides is 3. The molecule has 0 bridgehead atoms. The van der Waals surface area contributed by atoms with Crippen LogP contribution in [0.3, 0.4) is 0 Å². The summed E-state index contributed by atoms with van der Waals surface area (Å²) in [6.45, 7) is 4.00. The van der Waals surface area contributed by atoms with E-state index in [0.717, 1.165) is 0 Å². The molecule has 3 heterocycles. The molecule has 1 atom stereocenters. The fraction of sp³-hybridized carbons (Fsp3) is 0.450. The first-order chi connectivity index (χ1) is 14.8. The second kappa shape index (κ2) is 7.04. The maximum atomic E-state index is 12.7. The van der Waals surface area contributed by atoms with E-state index >= 15 is 0 Å². The average molecular weight is 454 g/mol. The number of aromatic nitrogens is 1. The Hall–Kier alpha value is -3.44. The summed E-state index contributed by atoms with van der Waals surface area (Å²) in [5.74, 6) is -3.02. The number of hydrogen-bond donors (Lipinski definition) is 2. The number of carboxylic acid groups (broad SMARTS) is 1. The number of halogens is 3. The first kappa shape index (κ1) is 21.8. The molecule has 0 saturated carbocycles. The number of hydrogen-bond acceptors (Lipinski definition) is 6. The molecule has 0 radical (unpaired) electrons. The van der Waals surface area contributed by atoms with Crippen molar-refractivity contribution in [3.63, 3.8) is 0 Å². The van der Waals surface area contributed by atoms with Gasteiger partial charge in [0, 0.05) is 32.4 Å². The van der Waals surface area contributed by atoms with E-state index in [1.165, 1.54) is 12.3 Å². The SMILES string of the molecule is CN1n2cc(C(=O)O)c(=O)c3ccc(N4CC[C@H](NC(=O)C(F)(F)F)C4)c(c32)OC1(C)C. The molecule has 1 aromatic heterocycles. The second-order valence-electron chi connectivity index (χ2n) is 8.31. The van der Waals surface area contributed by atoms with Crippen molar-refractivity contribution in [1.82, 2.24) is 9.99 Å². The molecule has 1 aromatic carbocycles. The molecule has 0 spiro atoms. The van der Waals surface area contributed by atoms with Crippen molar-refractivity contribution in [3.8, 4) is 5.75 Å². The molecule has 32 heavy (non-hydrogen) atoms. The highest BCUT2D eigenvalue weighted by atomic mass is 19.4. The highest BCUT2D eigenvalue weighted by Crippen LogP contribution is 2.42. The molecular weight excluding hydrogens is 433 g/mol. The highest BCUT2D eigenvalue weighted by Gasteiger charge is 2.41. The minimum atomic E-state index is -4.96. The normalized spacial score (nSPS) is 19.8. The van der Waals surface area contributed by atoms with Gasteiger partial charge in [-0.2, -0.15) is 13.2 Å². The molecule has 12 heteroatoms. The number of rotatable bonds is 3. The fourth-order valence-corrected chi connectivity index (χ4v) is 4.04. The smallest absolute Gasteiger partial charge is 0.471 e. The van der Waals surface area contributed by atoms with E-state index in [-0.39, 0.29) is 11.9 Å². The molecule has 0 unspecified atom stereocenters. The van der Waals surface area contributed by atoms with Crippen LogP contribution < -0.4 is 25.4 Å². The van der Waals surface area contributed by atoms with Crippen LogP contribution in [0.4, 0.5) is 18.9 Å². The van der Waals surface area contributed by atoms with Gasteiger partial charge in [0.15, 0.2) is 11.5 Å². The van der Waals surface area contributed by atoms with Crippen LogP contribution >= 0.6 is 0 Å². The summed E-state index contributed by atoms with van der Waals surface area (Å²) in [5, 5.41) is 13.2. The number of carboxylic acids is 1. The van der Waals surface area contributed by atoms with Crippen LogP contribution in [0.5, 0.6) is 5.75 Å². The fourth-order valence-electron chi connectivity index (χ4n) is 4.04. The lowest BCUT2D eigenvalue weighted by Crippen LogP contribution is -2.55. The van der Waals surface area contributed by atoms with Crippen molar-refractivity contribution in [1.29, 1.82) is 0 Å². The van der Waals surface area contributed by atoms with Gasteiger partial charge in [-0.05, 0) is 32.4 Å². The first-order valence-electron chi connectivity index (χ1n) is 9.82. The molecule has 1 saturated heterocycles. The highest BCUT2D eigenvalue weighted by molar-refractivity contribution is 5.97. The standard InChI is InChI=1S/C20H21F3N4O5/c1-19(2)25(3)27-9-12(17(29)30)15(28)11-4-5-13(16(32-19)14(11)27)26-7-6-10(8-26)24-18(31)20(21,22)23/h4-5,9-10H,6-8H2,1-3H3,(H,24,31)(H,29,30)/t10-/m0/s1. The zero-order valence-corrected chi connectivity index (χ0v) is 17.5. The molecule has 9 nitrogen and oxygen atoms in total. The Morgan fingerprint density at radius 3 is 2.59 bits per heavy atom. The van der Waals surface area contributed by atoms with Gasteiger partial charge in [0.05, 0.1) is 11.1 Å². The maximum Gasteiger partial charge on any atom is 0.471 e. The van der Waals surface area contributed by atoms with Gasteiger partial charge in [-0.25, -0.2) is 4.79 Å².